The molecule has 0 unspecified atom stereocenters. The third kappa shape index (κ3) is 4.11. The molecule has 0 atom stereocenters. The van der Waals surface area contributed by atoms with Crippen LogP contribution in [0.5, 0.6) is 0 Å². The molecule has 0 aliphatic rings. The zero-order valence-electron chi connectivity index (χ0n) is 10.9. The van der Waals surface area contributed by atoms with Crippen molar-refractivity contribution in [1.29, 1.82) is 0 Å². The van der Waals surface area contributed by atoms with Gasteiger partial charge in [0.1, 0.15) is 0 Å². The Morgan fingerprint density at radius 1 is 1.00 bits per heavy atom. The lowest BCUT2D eigenvalue weighted by Gasteiger charge is -2.19. The Balaban J connectivity index is 2.58. The molecule has 1 aromatic rings. The largest absolute Gasteiger partial charge is 0.104 e. The molecule has 1 aromatic carbocycles. The zero-order chi connectivity index (χ0) is 12.0. The number of rotatable bonds is 2. The first-order valence-corrected chi connectivity index (χ1v) is 6.09. The Kier molecular flexibility index (Phi) is 4.62. The Labute approximate surface area is 100 Å². The van der Waals surface area contributed by atoms with Crippen molar-refractivity contribution in [3.8, 4) is 11.8 Å². The van der Waals surface area contributed by atoms with Crippen LogP contribution in [0.15, 0.2) is 24.3 Å². The van der Waals surface area contributed by atoms with Gasteiger partial charge in [0.2, 0.25) is 0 Å². The fourth-order valence-electron chi connectivity index (χ4n) is 1.59. The van der Waals surface area contributed by atoms with Crippen molar-refractivity contribution in [3.05, 3.63) is 35.4 Å². The third-order valence-corrected chi connectivity index (χ3v) is 2.66. The Morgan fingerprint density at radius 3 is 2.12 bits per heavy atom. The molecule has 0 bridgehead atoms. The van der Waals surface area contributed by atoms with E-state index in [2.05, 4.69) is 63.8 Å². The zero-order valence-corrected chi connectivity index (χ0v) is 10.9. The Bertz CT molecular complexity index is 365. The van der Waals surface area contributed by atoms with Gasteiger partial charge in [0, 0.05) is 12.8 Å². The molecule has 0 heterocycles. The molecule has 0 radical (unpaired) electrons. The smallest absolute Gasteiger partial charge is 0.0129 e. The van der Waals surface area contributed by atoms with Gasteiger partial charge in [0.15, 0.2) is 0 Å². The van der Waals surface area contributed by atoms with Gasteiger partial charge in [-0.2, -0.15) is 0 Å². The van der Waals surface area contributed by atoms with E-state index in [1.165, 1.54) is 11.1 Å². The molecule has 0 spiro atoms. The summed E-state index contributed by atoms with van der Waals surface area (Å²) < 4.78 is 0. The van der Waals surface area contributed by atoms with Gasteiger partial charge in [0.25, 0.3) is 0 Å². The SMILES string of the molecule is CCC#CCCc1ccc(C(C)(C)C)cc1. The van der Waals surface area contributed by atoms with Gasteiger partial charge < -0.3 is 0 Å². The minimum absolute atomic E-state index is 0.251. The first-order valence-electron chi connectivity index (χ1n) is 6.09. The average Bonchev–Trinajstić information content (AvgIpc) is 2.24. The summed E-state index contributed by atoms with van der Waals surface area (Å²) in [6, 6.07) is 8.94. The monoisotopic (exact) mass is 214 g/mol. The van der Waals surface area contributed by atoms with Crippen molar-refractivity contribution in [3.63, 3.8) is 0 Å². The quantitative estimate of drug-likeness (QED) is 0.643. The highest BCUT2D eigenvalue weighted by molar-refractivity contribution is 5.27. The summed E-state index contributed by atoms with van der Waals surface area (Å²) in [7, 11) is 0. The van der Waals surface area contributed by atoms with Crippen LogP contribution in [0.3, 0.4) is 0 Å². The van der Waals surface area contributed by atoms with Crippen molar-refractivity contribution >= 4 is 0 Å². The summed E-state index contributed by atoms with van der Waals surface area (Å²) in [6.07, 6.45) is 3.00. The van der Waals surface area contributed by atoms with Gasteiger partial charge in [-0.05, 0) is 23.0 Å². The van der Waals surface area contributed by atoms with Crippen LogP contribution in [0, 0.1) is 11.8 Å². The summed E-state index contributed by atoms with van der Waals surface area (Å²) in [4.78, 5) is 0. The predicted molar refractivity (Wildman–Crippen MR) is 71.5 cm³/mol. The Hall–Kier alpha value is -1.22. The van der Waals surface area contributed by atoms with Crippen LogP contribution >= 0.6 is 0 Å². The van der Waals surface area contributed by atoms with E-state index < -0.39 is 0 Å². The highest BCUT2D eigenvalue weighted by atomic mass is 14.2. The summed E-state index contributed by atoms with van der Waals surface area (Å²) in [5.74, 6) is 6.28. The second-order valence-electron chi connectivity index (χ2n) is 5.15. The van der Waals surface area contributed by atoms with E-state index in [1.807, 2.05) is 0 Å². The number of aryl methyl sites for hydroxylation is 1. The van der Waals surface area contributed by atoms with E-state index in [4.69, 9.17) is 0 Å². The molecule has 0 saturated carbocycles. The standard InChI is InChI=1S/C16H22/c1-5-6-7-8-9-14-10-12-15(13-11-14)16(2,3)4/h10-13H,5,8-9H2,1-4H3. The molecule has 0 heteroatoms. The predicted octanol–water partition coefficient (Wildman–Crippen LogP) is 4.33. The normalized spacial score (nSPS) is 10.8. The van der Waals surface area contributed by atoms with Gasteiger partial charge in [0.05, 0.1) is 0 Å². The van der Waals surface area contributed by atoms with Gasteiger partial charge in [-0.25, -0.2) is 0 Å². The van der Waals surface area contributed by atoms with Crippen molar-refractivity contribution in [2.75, 3.05) is 0 Å². The lowest BCUT2D eigenvalue weighted by molar-refractivity contribution is 0.590. The number of hydrogen-bond donors (Lipinski definition) is 0. The maximum atomic E-state index is 3.18. The van der Waals surface area contributed by atoms with E-state index in [-0.39, 0.29) is 5.41 Å². The second kappa shape index (κ2) is 5.75. The van der Waals surface area contributed by atoms with Gasteiger partial charge in [-0.1, -0.05) is 52.0 Å². The Morgan fingerprint density at radius 2 is 1.62 bits per heavy atom. The molecular formula is C16H22. The topological polar surface area (TPSA) is 0 Å². The van der Waals surface area contributed by atoms with E-state index in [0.717, 1.165) is 19.3 Å². The van der Waals surface area contributed by atoms with Crippen LogP contribution in [-0.2, 0) is 11.8 Å². The number of hydrogen-bond acceptors (Lipinski definition) is 0. The molecule has 1 rings (SSSR count). The fraction of sp³-hybridized carbons (Fsp3) is 0.500. The molecule has 0 aliphatic heterocycles. The van der Waals surface area contributed by atoms with E-state index >= 15 is 0 Å². The van der Waals surface area contributed by atoms with Gasteiger partial charge in [-0.3, -0.25) is 0 Å². The maximum Gasteiger partial charge on any atom is 0.0129 e. The van der Waals surface area contributed by atoms with Crippen LogP contribution < -0.4 is 0 Å². The van der Waals surface area contributed by atoms with Crippen LogP contribution in [0.25, 0.3) is 0 Å². The fourth-order valence-corrected chi connectivity index (χ4v) is 1.59. The molecule has 16 heavy (non-hydrogen) atoms. The molecule has 0 aromatic heterocycles. The third-order valence-electron chi connectivity index (χ3n) is 2.66. The molecule has 0 saturated heterocycles. The minimum atomic E-state index is 0.251. The second-order valence-corrected chi connectivity index (χ2v) is 5.15. The van der Waals surface area contributed by atoms with Crippen LogP contribution in [0.1, 0.15) is 51.7 Å². The summed E-state index contributed by atoms with van der Waals surface area (Å²) in [5.41, 5.74) is 3.04. The molecular weight excluding hydrogens is 192 g/mol. The molecule has 86 valence electrons. The van der Waals surface area contributed by atoms with Crippen molar-refractivity contribution < 1.29 is 0 Å². The van der Waals surface area contributed by atoms with Crippen LogP contribution in [0.2, 0.25) is 0 Å². The summed E-state index contributed by atoms with van der Waals surface area (Å²) >= 11 is 0. The number of benzene rings is 1. The first kappa shape index (κ1) is 12.8. The molecule has 0 amide bonds. The summed E-state index contributed by atoms with van der Waals surface area (Å²) in [5, 5.41) is 0. The molecule has 0 nitrogen and oxygen atoms in total. The summed E-state index contributed by atoms with van der Waals surface area (Å²) in [6.45, 7) is 8.82. The minimum Gasteiger partial charge on any atom is -0.104 e. The molecule has 0 fully saturated rings. The first-order chi connectivity index (χ1) is 7.54. The lowest BCUT2D eigenvalue weighted by Crippen LogP contribution is -2.10. The molecule has 0 aliphatic carbocycles. The van der Waals surface area contributed by atoms with Gasteiger partial charge >= 0.3 is 0 Å². The highest BCUT2D eigenvalue weighted by Crippen LogP contribution is 2.22. The van der Waals surface area contributed by atoms with Crippen molar-refractivity contribution in [2.45, 2.75) is 52.4 Å². The van der Waals surface area contributed by atoms with Gasteiger partial charge in [-0.15, -0.1) is 11.8 Å². The van der Waals surface area contributed by atoms with E-state index in [0.29, 0.717) is 0 Å². The van der Waals surface area contributed by atoms with Crippen molar-refractivity contribution in [2.24, 2.45) is 0 Å². The maximum absolute atomic E-state index is 3.18. The average molecular weight is 214 g/mol. The lowest BCUT2D eigenvalue weighted by atomic mass is 9.86. The highest BCUT2D eigenvalue weighted by Gasteiger charge is 2.12. The van der Waals surface area contributed by atoms with E-state index in [1.54, 1.807) is 0 Å². The van der Waals surface area contributed by atoms with Crippen molar-refractivity contribution in [1.82, 2.24) is 0 Å². The van der Waals surface area contributed by atoms with Crippen LogP contribution in [0.4, 0.5) is 0 Å². The van der Waals surface area contributed by atoms with Crippen LogP contribution in [-0.4, -0.2) is 0 Å². The van der Waals surface area contributed by atoms with E-state index in [9.17, 15) is 0 Å². The molecule has 0 N–H and O–H groups in total.